The second-order valence-electron chi connectivity index (χ2n) is 12.6. The molecular formula is C35H44Br2N8O4. The Bertz CT molecular complexity index is 1610. The lowest BCUT2D eigenvalue weighted by Crippen LogP contribution is -2.51. The van der Waals surface area contributed by atoms with Gasteiger partial charge in [-0.1, -0.05) is 30.3 Å². The number of carbonyl (C=O) groups is 3. The number of hydroxylamine groups is 2. The molecule has 4 amide bonds. The summed E-state index contributed by atoms with van der Waals surface area (Å²) in [5, 5.41) is 13.8. The van der Waals surface area contributed by atoms with Crippen LogP contribution in [0.25, 0.3) is 0 Å². The molecule has 1 atom stereocenters. The van der Waals surface area contributed by atoms with Gasteiger partial charge in [0.2, 0.25) is 5.91 Å². The van der Waals surface area contributed by atoms with E-state index in [1.807, 2.05) is 79.7 Å². The Hall–Kier alpha value is -3.85. The monoisotopic (exact) mass is 798 g/mol. The predicted octanol–water partition coefficient (Wildman–Crippen LogP) is 5.90. The summed E-state index contributed by atoms with van der Waals surface area (Å²) in [5.74, 6) is -0.393. The van der Waals surface area contributed by atoms with E-state index < -0.39 is 18.0 Å². The fourth-order valence-corrected chi connectivity index (χ4v) is 7.33. The average Bonchev–Trinajstić information content (AvgIpc) is 3.24. The van der Waals surface area contributed by atoms with Crippen molar-refractivity contribution in [1.29, 1.82) is 0 Å². The van der Waals surface area contributed by atoms with Crippen LogP contribution in [0.1, 0.15) is 30.4 Å². The fourth-order valence-electron chi connectivity index (χ4n) is 6.05. The topological polar surface area (TPSA) is 144 Å². The van der Waals surface area contributed by atoms with E-state index in [4.69, 9.17) is 10.6 Å². The maximum atomic E-state index is 13.8. The molecule has 2 aliphatic heterocycles. The van der Waals surface area contributed by atoms with Gasteiger partial charge in [-0.15, -0.1) is 5.06 Å². The van der Waals surface area contributed by atoms with E-state index in [9.17, 15) is 14.4 Å². The molecule has 0 radical (unpaired) electrons. The molecule has 0 spiro atoms. The number of rotatable bonds is 12. The molecule has 0 aliphatic carbocycles. The van der Waals surface area contributed by atoms with Crippen molar-refractivity contribution in [2.75, 3.05) is 68.5 Å². The lowest BCUT2D eigenvalue weighted by molar-refractivity contribution is -0.125. The Morgan fingerprint density at radius 3 is 2.41 bits per heavy atom. The third kappa shape index (κ3) is 10.1. The molecule has 3 aromatic rings. The van der Waals surface area contributed by atoms with Crippen LogP contribution in [0.4, 0.5) is 32.3 Å². The van der Waals surface area contributed by atoms with Gasteiger partial charge < -0.3 is 41.6 Å². The Kier molecular flexibility index (Phi) is 12.8. The summed E-state index contributed by atoms with van der Waals surface area (Å²) in [6.45, 7) is 3.20. The average molecular weight is 801 g/mol. The number of hydrogen-bond donors (Lipinski definition) is 5. The summed E-state index contributed by atoms with van der Waals surface area (Å²) in [4.78, 5) is 49.8. The number of nitrogens with zero attached hydrogens (tertiary/aromatic N) is 3. The minimum Gasteiger partial charge on any atom is -0.397 e. The molecule has 1 saturated heterocycles. The van der Waals surface area contributed by atoms with Gasteiger partial charge in [0.1, 0.15) is 6.04 Å². The molecule has 12 nitrogen and oxygen atoms in total. The highest BCUT2D eigenvalue weighted by Crippen LogP contribution is 2.30. The number of anilines is 4. The molecule has 0 saturated carbocycles. The Balaban J connectivity index is 1.21. The number of halogens is 2. The molecule has 5 rings (SSSR count). The van der Waals surface area contributed by atoms with E-state index in [1.54, 1.807) is 5.06 Å². The van der Waals surface area contributed by atoms with Crippen LogP contribution in [0.5, 0.6) is 0 Å². The summed E-state index contributed by atoms with van der Waals surface area (Å²) in [5.41, 5.74) is 10.8. The first-order chi connectivity index (χ1) is 23.6. The van der Waals surface area contributed by atoms with Crippen LogP contribution < -0.4 is 27.0 Å². The van der Waals surface area contributed by atoms with Crippen LogP contribution in [0.3, 0.4) is 0 Å². The first-order valence-electron chi connectivity index (χ1n) is 16.5. The zero-order chi connectivity index (χ0) is 34.9. The van der Waals surface area contributed by atoms with Gasteiger partial charge in [0.05, 0.1) is 17.1 Å². The summed E-state index contributed by atoms with van der Waals surface area (Å²) in [7, 11) is 4.06. The molecule has 49 heavy (non-hydrogen) atoms. The Morgan fingerprint density at radius 2 is 1.69 bits per heavy atom. The number of piperidine rings is 1. The summed E-state index contributed by atoms with van der Waals surface area (Å²) in [6, 6.07) is 18.0. The molecule has 6 N–H and O–H groups in total. The largest absolute Gasteiger partial charge is 0.426 e. The van der Waals surface area contributed by atoms with Gasteiger partial charge in [-0.05, 0) is 120 Å². The highest BCUT2D eigenvalue weighted by atomic mass is 79.9. The number of nitrogens with one attached hydrogen (secondary N) is 4. The second kappa shape index (κ2) is 17.2. The van der Waals surface area contributed by atoms with Gasteiger partial charge in [0, 0.05) is 53.3 Å². The number of nitrogen functional groups attached to an aromatic ring is 1. The van der Waals surface area contributed by atoms with Gasteiger partial charge in [0.15, 0.2) is 0 Å². The molecule has 0 bridgehead atoms. The SMILES string of the molecule is CN(C)CCCNc1ccccc1NC(=O)[C@@H](Cc1cc(Br)c(N)c(Br)c1)NC(=O)ON1CCC(N2CCc3ccccc3NC2=O)CC1. The van der Waals surface area contributed by atoms with Crippen molar-refractivity contribution in [3.8, 4) is 0 Å². The van der Waals surface area contributed by atoms with E-state index in [-0.39, 0.29) is 18.5 Å². The molecule has 3 aromatic carbocycles. The first-order valence-corrected chi connectivity index (χ1v) is 18.1. The van der Waals surface area contributed by atoms with Crippen LogP contribution in [0.15, 0.2) is 69.6 Å². The predicted molar refractivity (Wildman–Crippen MR) is 201 cm³/mol. The van der Waals surface area contributed by atoms with Crippen molar-refractivity contribution in [2.45, 2.75) is 44.2 Å². The van der Waals surface area contributed by atoms with Gasteiger partial charge in [-0.2, -0.15) is 0 Å². The zero-order valence-corrected chi connectivity index (χ0v) is 31.0. The van der Waals surface area contributed by atoms with Crippen LogP contribution in [0, 0.1) is 0 Å². The fraction of sp³-hybridized carbons (Fsp3) is 0.400. The molecule has 2 aliphatic rings. The number of urea groups is 1. The van der Waals surface area contributed by atoms with Crippen molar-refractivity contribution < 1.29 is 19.2 Å². The lowest BCUT2D eigenvalue weighted by atomic mass is 10.0. The number of fused-ring (bicyclic) bond motifs is 1. The van der Waals surface area contributed by atoms with E-state index in [0.717, 1.165) is 48.4 Å². The number of carbonyl (C=O) groups excluding carboxylic acids is 3. The van der Waals surface area contributed by atoms with E-state index in [1.165, 1.54) is 0 Å². The van der Waals surface area contributed by atoms with Crippen molar-refractivity contribution >= 4 is 72.6 Å². The first kappa shape index (κ1) is 36.4. The second-order valence-corrected chi connectivity index (χ2v) is 14.3. The van der Waals surface area contributed by atoms with Crippen LogP contribution in [-0.2, 0) is 22.5 Å². The molecule has 1 fully saturated rings. The summed E-state index contributed by atoms with van der Waals surface area (Å²) >= 11 is 6.96. The molecule has 262 valence electrons. The van der Waals surface area contributed by atoms with Gasteiger partial charge in [-0.3, -0.25) is 4.79 Å². The maximum Gasteiger partial charge on any atom is 0.426 e. The molecular weight excluding hydrogens is 756 g/mol. The normalized spacial score (nSPS) is 15.9. The Morgan fingerprint density at radius 1 is 1.02 bits per heavy atom. The molecule has 14 heteroatoms. The number of nitrogens with two attached hydrogens (primary N) is 1. The van der Waals surface area contributed by atoms with Crippen molar-refractivity contribution in [1.82, 2.24) is 20.2 Å². The third-order valence-electron chi connectivity index (χ3n) is 8.69. The zero-order valence-electron chi connectivity index (χ0n) is 27.8. The van der Waals surface area contributed by atoms with Crippen molar-refractivity contribution in [3.05, 3.63) is 80.7 Å². The number of para-hydroxylation sites is 3. The highest BCUT2D eigenvalue weighted by Gasteiger charge is 2.32. The van der Waals surface area contributed by atoms with Gasteiger partial charge >= 0.3 is 12.1 Å². The summed E-state index contributed by atoms with van der Waals surface area (Å²) in [6.07, 6.45) is 2.45. The molecule has 0 aromatic heterocycles. The minimum absolute atomic E-state index is 0.0229. The van der Waals surface area contributed by atoms with Crippen LogP contribution in [0.2, 0.25) is 0 Å². The number of hydrogen-bond acceptors (Lipinski definition) is 8. The van der Waals surface area contributed by atoms with Crippen LogP contribution >= 0.6 is 31.9 Å². The van der Waals surface area contributed by atoms with Crippen molar-refractivity contribution in [2.24, 2.45) is 0 Å². The van der Waals surface area contributed by atoms with Gasteiger partial charge in [0.25, 0.3) is 0 Å². The number of amides is 4. The third-order valence-corrected chi connectivity index (χ3v) is 10.0. The highest BCUT2D eigenvalue weighted by molar-refractivity contribution is 9.11. The minimum atomic E-state index is -0.961. The summed E-state index contributed by atoms with van der Waals surface area (Å²) < 4.78 is 1.35. The number of benzene rings is 3. The Labute approximate surface area is 304 Å². The smallest absolute Gasteiger partial charge is 0.397 e. The standard InChI is InChI=1S/C35H44Br2N8O4/c1-43(2)16-7-15-39-29-10-5-6-11-30(29)40-33(46)31(22-23-20-26(36)32(38)27(37)21-23)42-35(48)49-44-17-13-25(14-18-44)45-19-12-24-8-3-4-9-28(24)41-34(45)47/h3-6,8-11,20-21,25,31,39H,7,12-19,22,38H2,1-2H3,(H,40,46)(H,41,47)(H,42,48)/t31-/m1/s1. The van der Waals surface area contributed by atoms with E-state index in [2.05, 4.69) is 58.0 Å². The molecule has 2 heterocycles. The quantitative estimate of drug-likeness (QED) is 0.113. The maximum absolute atomic E-state index is 13.8. The van der Waals surface area contributed by atoms with E-state index in [0.29, 0.717) is 52.8 Å². The van der Waals surface area contributed by atoms with E-state index >= 15 is 0 Å². The van der Waals surface area contributed by atoms with Crippen molar-refractivity contribution in [3.63, 3.8) is 0 Å². The molecule has 0 unspecified atom stereocenters. The lowest BCUT2D eigenvalue weighted by Gasteiger charge is -2.37. The van der Waals surface area contributed by atoms with Crippen LogP contribution in [-0.4, -0.2) is 91.8 Å². The van der Waals surface area contributed by atoms with Gasteiger partial charge in [-0.25, -0.2) is 9.59 Å².